The van der Waals surface area contributed by atoms with E-state index in [-0.39, 0.29) is 66.1 Å². The lowest BCUT2D eigenvalue weighted by Crippen LogP contribution is -2.70. The minimum absolute atomic E-state index is 0.107. The number of Topliss-reactive ketones (excluding diaryl/α,β-unsaturated/α-hetero) is 4. The molecule has 6 aliphatic heterocycles. The maximum atomic E-state index is 12.7. The lowest BCUT2D eigenvalue weighted by Gasteiger charge is -2.57. The molecule has 1 aromatic rings. The zero-order chi connectivity index (χ0) is 78.3. The number of ketones is 4. The molecule has 7 rings (SSSR count). The number of benzene rings is 1. The average molecular weight is 1440 g/mol. The van der Waals surface area contributed by atoms with Crippen molar-refractivity contribution in [1.82, 2.24) is 46.6 Å². The number of nitrogens with one attached hydrogen (secondary N) is 6. The van der Waals surface area contributed by atoms with Gasteiger partial charge in [-0.1, -0.05) is 94.8 Å². The predicted octanol–water partition coefficient (Wildman–Crippen LogP) is 12.5. The van der Waals surface area contributed by atoms with Gasteiger partial charge in [0.1, 0.15) is 39.3 Å². The lowest BCUT2D eigenvalue weighted by atomic mass is 9.71. The molecule has 0 unspecified atom stereocenters. The minimum atomic E-state index is -1.32. The Morgan fingerprint density at radius 2 is 1.13 bits per heavy atom. The van der Waals surface area contributed by atoms with E-state index < -0.39 is 57.3 Å². The van der Waals surface area contributed by atoms with Gasteiger partial charge in [0.2, 0.25) is 5.91 Å². The van der Waals surface area contributed by atoms with Gasteiger partial charge in [0.05, 0.1) is 23.2 Å². The van der Waals surface area contributed by atoms with E-state index in [1.54, 1.807) is 92.4 Å². The molecule has 1 aromatic carbocycles. The van der Waals surface area contributed by atoms with Gasteiger partial charge in [-0.2, -0.15) is 0 Å². The van der Waals surface area contributed by atoms with Crippen molar-refractivity contribution in [2.75, 3.05) is 72.0 Å². The van der Waals surface area contributed by atoms with E-state index in [4.69, 9.17) is 24.7 Å². The van der Waals surface area contributed by atoms with Crippen molar-refractivity contribution in [3.63, 3.8) is 0 Å². The normalized spacial score (nSPS) is 23.8. The molecule has 8 N–H and O–H groups in total. The van der Waals surface area contributed by atoms with Gasteiger partial charge in [-0.15, -0.1) is 26.3 Å². The van der Waals surface area contributed by atoms with Crippen LogP contribution < -0.4 is 37.6 Å². The summed E-state index contributed by atoms with van der Waals surface area (Å²) in [5.41, 5.74) is 2.41. The molecule has 0 spiro atoms. The summed E-state index contributed by atoms with van der Waals surface area (Å²) in [5, 5.41) is 17.9. The Hall–Kier alpha value is -7.21. The van der Waals surface area contributed by atoms with Crippen LogP contribution in [0.5, 0.6) is 0 Å². The second-order valence-electron chi connectivity index (χ2n) is 32.0. The number of piperazine rings is 2. The van der Waals surface area contributed by atoms with Crippen LogP contribution in [-0.2, 0) is 49.3 Å². The molecule has 6 saturated heterocycles. The van der Waals surface area contributed by atoms with Crippen LogP contribution in [0.15, 0.2) is 93.2 Å². The number of alkyl carbamates (subject to hydrolysis) is 2. The van der Waals surface area contributed by atoms with Crippen molar-refractivity contribution in [3.8, 4) is 0 Å². The summed E-state index contributed by atoms with van der Waals surface area (Å²) >= 11 is 0. The van der Waals surface area contributed by atoms with Crippen LogP contribution in [0.3, 0.4) is 0 Å². The number of piperidine rings is 3. The van der Waals surface area contributed by atoms with E-state index in [2.05, 4.69) is 103 Å². The highest BCUT2D eigenvalue weighted by Gasteiger charge is 2.53. The van der Waals surface area contributed by atoms with Crippen molar-refractivity contribution in [1.29, 1.82) is 0 Å². The van der Waals surface area contributed by atoms with Crippen molar-refractivity contribution in [2.24, 2.45) is 11.1 Å². The topological polar surface area (TPSA) is 298 Å². The second kappa shape index (κ2) is 41.5. The van der Waals surface area contributed by atoms with Crippen LogP contribution in [0.2, 0.25) is 0 Å². The van der Waals surface area contributed by atoms with E-state index in [1.165, 1.54) is 16.2 Å². The van der Waals surface area contributed by atoms with Crippen molar-refractivity contribution in [3.05, 3.63) is 98.8 Å². The Balaban J connectivity index is 0.000000433. The predicted molar refractivity (Wildman–Crippen MR) is 410 cm³/mol. The Morgan fingerprint density at radius 3 is 1.60 bits per heavy atom. The summed E-state index contributed by atoms with van der Waals surface area (Å²) in [6.07, 6.45) is 18.7. The third-order valence-corrected chi connectivity index (χ3v) is 18.8. The molecule has 6 aliphatic rings. The summed E-state index contributed by atoms with van der Waals surface area (Å²) in [5.74, 6) is 0.971. The molecule has 103 heavy (non-hydrogen) atoms. The van der Waals surface area contributed by atoms with Crippen LogP contribution in [0.1, 0.15) is 226 Å². The fourth-order valence-corrected chi connectivity index (χ4v) is 13.5. The number of hydrogen-bond donors (Lipinski definition) is 7. The smallest absolute Gasteiger partial charge is 0.411 e. The molecule has 0 aromatic heterocycles. The fraction of sp³-hybridized carbons (Fsp3) is 0.688. The first-order valence-electron chi connectivity index (χ1n) is 37.2. The number of carbonyl (C=O) groups excluding carboxylic acids is 9. The number of rotatable bonds is 21. The molecule has 582 valence electrons. The molecule has 23 heteroatoms. The molecule has 23 nitrogen and oxygen atoms in total. The summed E-state index contributed by atoms with van der Waals surface area (Å²) in [7, 11) is 0. The molecule has 0 radical (unpaired) electrons. The quantitative estimate of drug-likeness (QED) is 0.0444. The van der Waals surface area contributed by atoms with E-state index in [0.717, 1.165) is 103 Å². The number of hydrogen-bond acceptors (Lipinski definition) is 18. The van der Waals surface area contributed by atoms with Crippen molar-refractivity contribution >= 4 is 53.4 Å². The highest BCUT2D eigenvalue weighted by atomic mass is 16.6. The molecule has 6 heterocycles. The van der Waals surface area contributed by atoms with Gasteiger partial charge in [-0.05, 0) is 186 Å². The Labute approximate surface area is 618 Å². The SMILES string of the molecule is C=C1C[C@]2(CCC)C(=O)CCCN12.C=CC[C@@](CC)(Cc1ccccc1)C(C)=O.C=CC[C@@]1(CNC(=O)OC(C)(C)C)C(=O)NCCN1C(=O)OC(C)(C)C.C=CC[C@@]1(CNC(=O)OC(C)(C)C)CNCCN1C(=O)OC(C)(C)C.C=CC[C@]1(CN)NCCCC1=O.CCC[C@]1(C)NCCCC1=O. The van der Waals surface area contributed by atoms with Crippen molar-refractivity contribution < 1.29 is 62.1 Å². The van der Waals surface area contributed by atoms with Gasteiger partial charge in [0.15, 0.2) is 17.3 Å². The Morgan fingerprint density at radius 1 is 0.612 bits per heavy atom. The van der Waals surface area contributed by atoms with E-state index in [1.807, 2.05) is 52.0 Å². The summed E-state index contributed by atoms with van der Waals surface area (Å²) in [6, 6.07) is 10.2. The number of nitrogens with two attached hydrogens (primary N) is 1. The molecular formula is C80H134N10O13. The molecular weight excluding hydrogens is 1310 g/mol. The molecule has 5 amide bonds. The molecule has 6 fully saturated rings. The number of fused-ring (bicyclic) bond motifs is 1. The zero-order valence-electron chi connectivity index (χ0n) is 66.3. The van der Waals surface area contributed by atoms with Gasteiger partial charge in [0.25, 0.3) is 0 Å². The Bertz CT molecular complexity index is 3000. The van der Waals surface area contributed by atoms with Crippen LogP contribution in [0.25, 0.3) is 0 Å². The fourth-order valence-electron chi connectivity index (χ4n) is 13.5. The summed E-state index contributed by atoms with van der Waals surface area (Å²) in [4.78, 5) is 114. The van der Waals surface area contributed by atoms with E-state index in [0.29, 0.717) is 63.6 Å². The number of ether oxygens (including phenoxy) is 4. The van der Waals surface area contributed by atoms with Crippen LogP contribution in [0.4, 0.5) is 19.2 Å². The van der Waals surface area contributed by atoms with Crippen LogP contribution in [-0.4, -0.2) is 190 Å². The summed E-state index contributed by atoms with van der Waals surface area (Å²) in [6.45, 7) is 56.1. The summed E-state index contributed by atoms with van der Waals surface area (Å²) < 4.78 is 21.5. The first-order chi connectivity index (χ1) is 48.0. The number of amides is 5. The van der Waals surface area contributed by atoms with E-state index >= 15 is 0 Å². The second-order valence-corrected chi connectivity index (χ2v) is 32.0. The number of allylic oxidation sites excluding steroid dienone is 1. The van der Waals surface area contributed by atoms with Gasteiger partial charge in [0, 0.05) is 89.2 Å². The average Bonchev–Trinajstić information content (AvgIpc) is 0.734. The van der Waals surface area contributed by atoms with Gasteiger partial charge >= 0.3 is 24.4 Å². The number of carbonyl (C=O) groups is 9. The third kappa shape index (κ3) is 28.6. The van der Waals surface area contributed by atoms with Gasteiger partial charge in [-0.3, -0.25) is 33.8 Å². The highest BCUT2D eigenvalue weighted by Crippen LogP contribution is 2.46. The molecule has 6 atom stereocenters. The Kier molecular flexibility index (Phi) is 37.0. The van der Waals surface area contributed by atoms with Crippen LogP contribution >= 0.6 is 0 Å². The monoisotopic (exact) mass is 1440 g/mol. The first-order valence-corrected chi connectivity index (χ1v) is 37.2. The van der Waals surface area contributed by atoms with Gasteiger partial charge < -0.3 is 61.5 Å². The highest BCUT2D eigenvalue weighted by molar-refractivity contribution is 5.93. The van der Waals surface area contributed by atoms with E-state index in [9.17, 15) is 43.2 Å². The molecule has 0 bridgehead atoms. The lowest BCUT2D eigenvalue weighted by molar-refractivity contribution is -0.140. The maximum Gasteiger partial charge on any atom is 0.411 e. The largest absolute Gasteiger partial charge is 0.444 e. The van der Waals surface area contributed by atoms with Crippen molar-refractivity contribution in [2.45, 2.75) is 277 Å². The minimum Gasteiger partial charge on any atom is -0.444 e. The maximum absolute atomic E-state index is 12.7. The molecule has 0 aliphatic carbocycles. The number of nitrogens with zero attached hydrogens (tertiary/aromatic N) is 3. The zero-order valence-corrected chi connectivity index (χ0v) is 66.3. The van der Waals surface area contributed by atoms with Crippen LogP contribution in [0, 0.1) is 5.41 Å². The third-order valence-electron chi connectivity index (χ3n) is 18.8. The standard InChI is InChI=1S/C18H31N3O5.C18H33N3O4.C15H20O.C11H17NO.C9H16N2O.C9H17NO/c1-8-9-18(12-20-14(23)25-16(2,3)4)13(22)19-10-11-21(18)15(24)26-17(5,6)7;1-8-9-18(13-20-14(22)24-16(2,3)4)12-19-10-11-21(18)15(23)25-17(5,6)7;1-4-11-15(5-2,13(3)16)12-14-9-7-6-8-10-14;1-3-6-11-8-9(2)12(11)7-4-5-10(11)13;1-2-5-9(7-10)8(12)4-3-6-11-9;1-3-6-9(2)8(11)5-4-7-10-9/h8H,1,9-12H2,2-7H3,(H,19,22)(H,20,23);8,19H,1,9-13H2,2-7H3,(H,20,22);4,6-10H,1,5,11-12H2,2-3H3;2-8H2,1H3;2,11H,1,3-7,10H2;10H,3-7H2,1-2H3/t2*18-;15-;11-;2*9-/m100110/s1. The van der Waals surface area contributed by atoms with Gasteiger partial charge in [-0.25, -0.2) is 19.2 Å². The molecule has 0 saturated carbocycles. The first kappa shape index (κ1) is 91.9.